The number of aromatic amines is 1. The fourth-order valence-corrected chi connectivity index (χ4v) is 2.24. The Morgan fingerprint density at radius 3 is 2.67 bits per heavy atom. The molecule has 96 valence electrons. The highest BCUT2D eigenvalue weighted by atomic mass is 32.2. The second-order valence-corrected chi connectivity index (χ2v) is 5.05. The summed E-state index contributed by atoms with van der Waals surface area (Å²) in [4.78, 5) is -0.217. The number of H-pyrrole nitrogens is 1. The molecular formula is C9H8F2N4O2S. The number of benzene rings is 1. The minimum Gasteiger partial charge on any atom is -0.397 e. The summed E-state index contributed by atoms with van der Waals surface area (Å²) in [6.07, 6.45) is 2.12. The average Bonchev–Trinajstić information content (AvgIpc) is 2.84. The van der Waals surface area contributed by atoms with Gasteiger partial charge in [0.05, 0.1) is 11.9 Å². The smallest absolute Gasteiger partial charge is 0.265 e. The van der Waals surface area contributed by atoms with Crippen LogP contribution in [0.1, 0.15) is 0 Å². The molecule has 4 N–H and O–H groups in total. The Balaban J connectivity index is 2.45. The molecule has 2 rings (SSSR count). The van der Waals surface area contributed by atoms with E-state index in [0.29, 0.717) is 0 Å². The molecule has 1 aromatic carbocycles. The van der Waals surface area contributed by atoms with E-state index < -0.39 is 27.3 Å². The van der Waals surface area contributed by atoms with Gasteiger partial charge in [0.1, 0.15) is 10.6 Å². The van der Waals surface area contributed by atoms with Crippen molar-refractivity contribution in [3.63, 3.8) is 0 Å². The first kappa shape index (κ1) is 12.3. The molecule has 9 heteroatoms. The maximum atomic E-state index is 13.4. The lowest BCUT2D eigenvalue weighted by Gasteiger charge is -2.10. The first-order chi connectivity index (χ1) is 8.42. The van der Waals surface area contributed by atoms with Crippen molar-refractivity contribution in [3.8, 4) is 0 Å². The topological polar surface area (TPSA) is 101 Å². The minimum atomic E-state index is -4.06. The monoisotopic (exact) mass is 274 g/mol. The molecule has 0 aliphatic rings. The van der Waals surface area contributed by atoms with Gasteiger partial charge in [0.25, 0.3) is 10.0 Å². The van der Waals surface area contributed by atoms with E-state index in [1.54, 1.807) is 0 Å². The third-order valence-corrected chi connectivity index (χ3v) is 3.46. The van der Waals surface area contributed by atoms with Crippen molar-refractivity contribution in [1.29, 1.82) is 0 Å². The summed E-state index contributed by atoms with van der Waals surface area (Å²) in [5.41, 5.74) is 4.54. The number of hydrogen-bond acceptors (Lipinski definition) is 4. The van der Waals surface area contributed by atoms with E-state index in [4.69, 9.17) is 5.73 Å². The second-order valence-electron chi connectivity index (χ2n) is 3.37. The van der Waals surface area contributed by atoms with E-state index in [0.717, 1.165) is 24.5 Å². The van der Waals surface area contributed by atoms with E-state index in [9.17, 15) is 17.2 Å². The normalized spacial score (nSPS) is 11.4. The minimum absolute atomic E-state index is 0.217. The zero-order valence-electron chi connectivity index (χ0n) is 8.81. The van der Waals surface area contributed by atoms with Crippen molar-refractivity contribution in [1.82, 2.24) is 10.2 Å². The van der Waals surface area contributed by atoms with Crippen LogP contribution in [0.2, 0.25) is 0 Å². The summed E-state index contributed by atoms with van der Waals surface area (Å²) in [5.74, 6) is -2.56. The van der Waals surface area contributed by atoms with Crippen molar-refractivity contribution >= 4 is 21.4 Å². The predicted molar refractivity (Wildman–Crippen MR) is 60.2 cm³/mol. The number of nitrogens with two attached hydrogens (primary N) is 1. The van der Waals surface area contributed by atoms with Gasteiger partial charge in [-0.15, -0.1) is 0 Å². The zero-order valence-corrected chi connectivity index (χ0v) is 9.63. The van der Waals surface area contributed by atoms with E-state index in [2.05, 4.69) is 10.2 Å². The van der Waals surface area contributed by atoms with Crippen LogP contribution in [0, 0.1) is 11.6 Å². The summed E-state index contributed by atoms with van der Waals surface area (Å²) in [6, 6.07) is 1.87. The first-order valence-corrected chi connectivity index (χ1v) is 6.15. The van der Waals surface area contributed by atoms with E-state index in [1.165, 1.54) is 0 Å². The van der Waals surface area contributed by atoms with Crippen molar-refractivity contribution in [2.24, 2.45) is 0 Å². The average molecular weight is 274 g/mol. The van der Waals surface area contributed by atoms with Gasteiger partial charge in [0.15, 0.2) is 11.6 Å². The Morgan fingerprint density at radius 2 is 2.06 bits per heavy atom. The van der Waals surface area contributed by atoms with Crippen LogP contribution in [0.15, 0.2) is 29.4 Å². The van der Waals surface area contributed by atoms with Gasteiger partial charge in [-0.3, -0.25) is 9.82 Å². The molecule has 18 heavy (non-hydrogen) atoms. The van der Waals surface area contributed by atoms with Gasteiger partial charge in [0.2, 0.25) is 0 Å². The standard InChI is InChI=1S/C9H8F2N4O2S/c10-6-1-2-7(12)9(8(6)11)15-18(16,17)5-3-13-14-4-5/h1-4,15H,12H2,(H,13,14). The Kier molecular flexibility index (Phi) is 2.91. The van der Waals surface area contributed by atoms with Gasteiger partial charge in [-0.05, 0) is 12.1 Å². The number of hydrogen-bond donors (Lipinski definition) is 3. The molecule has 1 aromatic heterocycles. The van der Waals surface area contributed by atoms with Crippen LogP contribution in [-0.2, 0) is 10.0 Å². The predicted octanol–water partition coefficient (Wildman–Crippen LogP) is 1.07. The molecule has 6 nitrogen and oxygen atoms in total. The van der Waals surface area contributed by atoms with Crippen LogP contribution in [0.25, 0.3) is 0 Å². The highest BCUT2D eigenvalue weighted by Crippen LogP contribution is 2.26. The number of nitrogen functional groups attached to an aromatic ring is 1. The van der Waals surface area contributed by atoms with Gasteiger partial charge >= 0.3 is 0 Å². The molecule has 0 unspecified atom stereocenters. The maximum Gasteiger partial charge on any atom is 0.265 e. The van der Waals surface area contributed by atoms with E-state index >= 15 is 0 Å². The molecule has 0 radical (unpaired) electrons. The van der Waals surface area contributed by atoms with Crippen LogP contribution in [-0.4, -0.2) is 18.6 Å². The Hall–Kier alpha value is -2.16. The number of nitrogens with zero attached hydrogens (tertiary/aromatic N) is 1. The Bertz CT molecular complexity index is 670. The number of sulfonamides is 1. The molecule has 0 saturated heterocycles. The largest absolute Gasteiger partial charge is 0.397 e. The molecular weight excluding hydrogens is 266 g/mol. The maximum absolute atomic E-state index is 13.4. The van der Waals surface area contributed by atoms with Gasteiger partial charge < -0.3 is 5.73 Å². The molecule has 0 fully saturated rings. The van der Waals surface area contributed by atoms with Gasteiger partial charge in [-0.2, -0.15) is 5.10 Å². The SMILES string of the molecule is Nc1ccc(F)c(F)c1NS(=O)(=O)c1cn[nH]c1. The van der Waals surface area contributed by atoms with Crippen molar-refractivity contribution in [3.05, 3.63) is 36.2 Å². The number of aromatic nitrogens is 2. The van der Waals surface area contributed by atoms with Gasteiger partial charge in [-0.1, -0.05) is 0 Å². The molecule has 2 aromatic rings. The molecule has 0 atom stereocenters. The molecule has 1 heterocycles. The summed E-state index contributed by atoms with van der Waals surface area (Å²) in [7, 11) is -4.06. The number of halogens is 2. The zero-order chi connectivity index (χ0) is 13.3. The van der Waals surface area contributed by atoms with Crippen LogP contribution >= 0.6 is 0 Å². The quantitative estimate of drug-likeness (QED) is 0.729. The third-order valence-electron chi connectivity index (χ3n) is 2.15. The molecule has 0 spiro atoms. The van der Waals surface area contributed by atoms with Crippen LogP contribution in [0.5, 0.6) is 0 Å². The van der Waals surface area contributed by atoms with Crippen LogP contribution in [0.4, 0.5) is 20.2 Å². The first-order valence-electron chi connectivity index (χ1n) is 4.67. The summed E-state index contributed by atoms with van der Waals surface area (Å²) in [6.45, 7) is 0. The summed E-state index contributed by atoms with van der Waals surface area (Å²) in [5, 5.41) is 5.74. The molecule has 0 amide bonds. The molecule has 0 aliphatic heterocycles. The van der Waals surface area contributed by atoms with Crippen molar-refractivity contribution in [2.45, 2.75) is 4.90 Å². The van der Waals surface area contributed by atoms with Crippen LogP contribution < -0.4 is 10.5 Å². The number of anilines is 2. The van der Waals surface area contributed by atoms with Gasteiger partial charge in [-0.25, -0.2) is 17.2 Å². The van der Waals surface area contributed by atoms with Gasteiger partial charge in [0, 0.05) is 6.20 Å². The van der Waals surface area contributed by atoms with Crippen molar-refractivity contribution < 1.29 is 17.2 Å². The second kappa shape index (κ2) is 4.26. The number of nitrogens with one attached hydrogen (secondary N) is 2. The lowest BCUT2D eigenvalue weighted by Crippen LogP contribution is -2.15. The fraction of sp³-hybridized carbons (Fsp3) is 0. The van der Waals surface area contributed by atoms with E-state index in [1.807, 2.05) is 4.72 Å². The summed E-state index contributed by atoms with van der Waals surface area (Å²) < 4.78 is 51.8. The van der Waals surface area contributed by atoms with Crippen molar-refractivity contribution in [2.75, 3.05) is 10.5 Å². The van der Waals surface area contributed by atoms with E-state index in [-0.39, 0.29) is 10.6 Å². The molecule has 0 saturated carbocycles. The fourth-order valence-electron chi connectivity index (χ4n) is 1.25. The summed E-state index contributed by atoms with van der Waals surface area (Å²) >= 11 is 0. The highest BCUT2D eigenvalue weighted by molar-refractivity contribution is 7.92. The lowest BCUT2D eigenvalue weighted by atomic mass is 10.2. The van der Waals surface area contributed by atoms with Crippen LogP contribution in [0.3, 0.4) is 0 Å². The molecule has 0 bridgehead atoms. The Labute approximate surface area is 101 Å². The third kappa shape index (κ3) is 2.12. The molecule has 0 aliphatic carbocycles. The Morgan fingerprint density at radius 1 is 1.33 bits per heavy atom. The highest BCUT2D eigenvalue weighted by Gasteiger charge is 2.20. The lowest BCUT2D eigenvalue weighted by molar-refractivity contribution is 0.512. The number of rotatable bonds is 3.